The molecule has 0 heterocycles. The molecule has 33 heavy (non-hydrogen) atoms. The Morgan fingerprint density at radius 1 is 0.939 bits per heavy atom. The third-order valence-corrected chi connectivity index (χ3v) is 4.37. The second-order valence-corrected chi connectivity index (χ2v) is 6.83. The number of carbonyl (C=O) groups is 2. The van der Waals surface area contributed by atoms with E-state index in [4.69, 9.17) is 9.47 Å². The first-order valence-electron chi connectivity index (χ1n) is 10.1. The summed E-state index contributed by atoms with van der Waals surface area (Å²) in [5, 5.41) is 14.5. The number of nitrogens with one attached hydrogen (secondary N) is 1. The van der Waals surface area contributed by atoms with E-state index in [1.54, 1.807) is 48.5 Å². The lowest BCUT2D eigenvalue weighted by atomic mass is 10.2. The molecule has 1 amide bonds. The van der Waals surface area contributed by atoms with Crippen LogP contribution in [0.3, 0.4) is 0 Å². The van der Waals surface area contributed by atoms with Gasteiger partial charge in [-0.15, -0.1) is 0 Å². The van der Waals surface area contributed by atoms with Crippen LogP contribution in [0.5, 0.6) is 11.5 Å². The van der Waals surface area contributed by atoms with Crippen LogP contribution >= 0.6 is 0 Å². The number of hydrogen-bond acceptors (Lipinski definition) is 7. The lowest BCUT2D eigenvalue weighted by Gasteiger charge is -2.07. The van der Waals surface area contributed by atoms with E-state index in [0.29, 0.717) is 29.2 Å². The van der Waals surface area contributed by atoms with Crippen molar-refractivity contribution in [3.8, 4) is 11.5 Å². The normalized spacial score (nSPS) is 10.6. The lowest BCUT2D eigenvalue weighted by Crippen LogP contribution is -2.17. The fourth-order valence-corrected chi connectivity index (χ4v) is 2.66. The summed E-state index contributed by atoms with van der Waals surface area (Å²) >= 11 is 0. The van der Waals surface area contributed by atoms with Crippen LogP contribution < -0.4 is 14.9 Å². The van der Waals surface area contributed by atoms with Crippen molar-refractivity contribution in [2.24, 2.45) is 5.10 Å². The molecule has 0 spiro atoms. The van der Waals surface area contributed by atoms with Gasteiger partial charge in [0.15, 0.2) is 0 Å². The number of ether oxygens (including phenoxy) is 2. The smallest absolute Gasteiger partial charge is 0.343 e. The number of non-ortho nitro benzene ring substituents is 1. The number of amides is 1. The molecule has 0 aromatic heterocycles. The molecule has 168 valence electrons. The van der Waals surface area contributed by atoms with Gasteiger partial charge in [-0.25, -0.2) is 10.2 Å². The zero-order valence-electron chi connectivity index (χ0n) is 17.8. The van der Waals surface area contributed by atoms with Gasteiger partial charge >= 0.3 is 5.97 Å². The number of hydrogen-bond donors (Lipinski definition) is 1. The summed E-state index contributed by atoms with van der Waals surface area (Å²) in [5.41, 5.74) is 3.55. The molecule has 0 saturated heterocycles. The fourth-order valence-electron chi connectivity index (χ4n) is 2.66. The molecule has 0 aliphatic carbocycles. The predicted molar refractivity (Wildman–Crippen MR) is 122 cm³/mol. The Hall–Kier alpha value is -4.53. The summed E-state index contributed by atoms with van der Waals surface area (Å²) < 4.78 is 10.9. The molecular weight excluding hydrogens is 426 g/mol. The van der Waals surface area contributed by atoms with Gasteiger partial charge in [0.2, 0.25) is 0 Å². The van der Waals surface area contributed by atoms with Gasteiger partial charge in [-0.05, 0) is 72.6 Å². The van der Waals surface area contributed by atoms with E-state index in [1.165, 1.54) is 30.5 Å². The van der Waals surface area contributed by atoms with E-state index in [9.17, 15) is 19.7 Å². The SMILES string of the molecule is CCCOc1ccc(C(=O)Oc2ccc(C=NNC(=O)c3ccc([N+](=O)[O-])cc3)cc2)cc1. The lowest BCUT2D eigenvalue weighted by molar-refractivity contribution is -0.384. The van der Waals surface area contributed by atoms with Crippen LogP contribution in [-0.4, -0.2) is 29.6 Å². The standard InChI is InChI=1S/C24H21N3O6/c1-2-15-32-21-13-7-19(8-14-21)24(29)33-22-11-3-17(4-12-22)16-25-26-23(28)18-5-9-20(10-6-18)27(30)31/h3-14,16H,2,15H2,1H3,(H,26,28). The number of nitro benzene ring substituents is 1. The fraction of sp³-hybridized carbons (Fsp3) is 0.125. The number of esters is 1. The van der Waals surface area contributed by atoms with Crippen LogP contribution in [-0.2, 0) is 0 Å². The molecular formula is C24H21N3O6. The summed E-state index contributed by atoms with van der Waals surface area (Å²) in [7, 11) is 0. The number of hydrazone groups is 1. The van der Waals surface area contributed by atoms with Gasteiger partial charge in [0.1, 0.15) is 11.5 Å². The van der Waals surface area contributed by atoms with Crippen molar-refractivity contribution < 1.29 is 24.0 Å². The molecule has 0 bridgehead atoms. The van der Waals surface area contributed by atoms with Gasteiger partial charge in [0, 0.05) is 17.7 Å². The Labute approximate surface area is 189 Å². The molecule has 0 atom stereocenters. The largest absolute Gasteiger partial charge is 0.494 e. The predicted octanol–water partition coefficient (Wildman–Crippen LogP) is 4.37. The summed E-state index contributed by atoms with van der Waals surface area (Å²) in [5.74, 6) is 0.0581. The van der Waals surface area contributed by atoms with Gasteiger partial charge in [-0.3, -0.25) is 14.9 Å². The van der Waals surface area contributed by atoms with Crippen LogP contribution in [0.15, 0.2) is 77.9 Å². The van der Waals surface area contributed by atoms with E-state index in [1.807, 2.05) is 6.92 Å². The van der Waals surface area contributed by atoms with Crippen molar-refractivity contribution in [1.82, 2.24) is 5.43 Å². The van der Waals surface area contributed by atoms with Crippen LogP contribution in [0.1, 0.15) is 39.6 Å². The maximum atomic E-state index is 12.3. The summed E-state index contributed by atoms with van der Waals surface area (Å²) in [4.78, 5) is 34.4. The summed E-state index contributed by atoms with van der Waals surface area (Å²) in [6.45, 7) is 2.63. The van der Waals surface area contributed by atoms with Crippen molar-refractivity contribution in [2.75, 3.05) is 6.61 Å². The maximum Gasteiger partial charge on any atom is 0.343 e. The van der Waals surface area contributed by atoms with E-state index >= 15 is 0 Å². The zero-order valence-corrected chi connectivity index (χ0v) is 17.8. The number of rotatable bonds is 9. The van der Waals surface area contributed by atoms with E-state index in [-0.39, 0.29) is 11.3 Å². The van der Waals surface area contributed by atoms with Gasteiger partial charge in [-0.2, -0.15) is 5.10 Å². The third-order valence-electron chi connectivity index (χ3n) is 4.37. The Kier molecular flexibility index (Phi) is 7.85. The second-order valence-electron chi connectivity index (χ2n) is 6.83. The third kappa shape index (κ3) is 6.73. The highest BCUT2D eigenvalue weighted by atomic mass is 16.6. The molecule has 0 aliphatic heterocycles. The van der Waals surface area contributed by atoms with Crippen LogP contribution in [0.25, 0.3) is 0 Å². The molecule has 3 aromatic rings. The highest BCUT2D eigenvalue weighted by Gasteiger charge is 2.10. The minimum absolute atomic E-state index is 0.103. The van der Waals surface area contributed by atoms with Crippen LogP contribution in [0, 0.1) is 10.1 Å². The van der Waals surface area contributed by atoms with E-state index in [0.717, 1.165) is 6.42 Å². The van der Waals surface area contributed by atoms with E-state index in [2.05, 4.69) is 10.5 Å². The van der Waals surface area contributed by atoms with Crippen molar-refractivity contribution in [2.45, 2.75) is 13.3 Å². The quantitative estimate of drug-likeness (QED) is 0.171. The Balaban J connectivity index is 1.52. The minimum atomic E-state index is -0.542. The van der Waals surface area contributed by atoms with Gasteiger partial charge in [0.25, 0.3) is 11.6 Å². The Morgan fingerprint density at radius 2 is 1.55 bits per heavy atom. The molecule has 3 rings (SSSR count). The van der Waals surface area contributed by atoms with E-state index < -0.39 is 16.8 Å². The minimum Gasteiger partial charge on any atom is -0.494 e. The first kappa shape index (κ1) is 23.1. The monoisotopic (exact) mass is 447 g/mol. The molecule has 0 saturated carbocycles. The highest BCUT2D eigenvalue weighted by molar-refractivity contribution is 5.95. The molecule has 0 unspecified atom stereocenters. The first-order chi connectivity index (χ1) is 16.0. The molecule has 1 N–H and O–H groups in total. The average Bonchev–Trinajstić information content (AvgIpc) is 2.84. The van der Waals surface area contributed by atoms with Crippen molar-refractivity contribution in [1.29, 1.82) is 0 Å². The second kappa shape index (κ2) is 11.2. The Bertz CT molecular complexity index is 1140. The van der Waals surface area contributed by atoms with Crippen molar-refractivity contribution in [3.63, 3.8) is 0 Å². The maximum absolute atomic E-state index is 12.3. The number of carbonyl (C=O) groups excluding carboxylic acids is 2. The van der Waals surface area contributed by atoms with Crippen molar-refractivity contribution >= 4 is 23.8 Å². The zero-order chi connectivity index (χ0) is 23.6. The molecule has 0 radical (unpaired) electrons. The topological polar surface area (TPSA) is 120 Å². The molecule has 0 aliphatic rings. The first-order valence-corrected chi connectivity index (χ1v) is 10.1. The molecule has 9 heteroatoms. The van der Waals surface area contributed by atoms with Gasteiger partial charge < -0.3 is 9.47 Å². The van der Waals surface area contributed by atoms with Crippen LogP contribution in [0.2, 0.25) is 0 Å². The van der Waals surface area contributed by atoms with Crippen molar-refractivity contribution in [3.05, 3.63) is 99.6 Å². The van der Waals surface area contributed by atoms with Gasteiger partial charge in [0.05, 0.1) is 23.3 Å². The highest BCUT2D eigenvalue weighted by Crippen LogP contribution is 2.17. The molecule has 3 aromatic carbocycles. The molecule has 9 nitrogen and oxygen atoms in total. The number of benzene rings is 3. The Morgan fingerprint density at radius 3 is 2.15 bits per heavy atom. The van der Waals surface area contributed by atoms with Crippen LogP contribution in [0.4, 0.5) is 5.69 Å². The average molecular weight is 447 g/mol. The summed E-state index contributed by atoms with van der Waals surface area (Å²) in [6.07, 6.45) is 2.32. The van der Waals surface area contributed by atoms with Gasteiger partial charge in [-0.1, -0.05) is 6.92 Å². The summed E-state index contributed by atoms with van der Waals surface area (Å²) in [6, 6.07) is 18.5. The number of nitrogens with zero attached hydrogens (tertiary/aromatic N) is 2. The molecule has 0 fully saturated rings. The number of nitro groups is 1.